The largest absolute Gasteiger partial charge is 0.375 e. The van der Waals surface area contributed by atoms with Crippen LogP contribution in [0.2, 0.25) is 0 Å². The van der Waals surface area contributed by atoms with Crippen molar-refractivity contribution in [3.05, 3.63) is 78.4 Å². The molecule has 0 aliphatic carbocycles. The van der Waals surface area contributed by atoms with Crippen molar-refractivity contribution < 1.29 is 13.2 Å². The summed E-state index contributed by atoms with van der Waals surface area (Å²) < 4.78 is 24.3. The van der Waals surface area contributed by atoms with E-state index < -0.39 is 9.84 Å². The molecule has 5 nitrogen and oxygen atoms in total. The highest BCUT2D eigenvalue weighted by Crippen LogP contribution is 2.33. The third kappa shape index (κ3) is 5.87. The van der Waals surface area contributed by atoms with Crippen LogP contribution in [0, 0.1) is 0 Å². The van der Waals surface area contributed by atoms with Crippen LogP contribution in [0.15, 0.2) is 87.5 Å². The standard InChI is InChI=1S/C23H24N2O3S2/c1-3-17-13-14-20(22(15-17)30(2,27)28)24-16-23(26)25-19-11-7-8-12-21(19)29-18-9-5-4-6-10-18/h4-15,24H,3,16H2,1-2H3,(H,25,26). The first kappa shape index (κ1) is 21.9. The van der Waals surface area contributed by atoms with Gasteiger partial charge in [0.25, 0.3) is 0 Å². The zero-order chi connectivity index (χ0) is 21.6. The molecule has 0 spiro atoms. The molecule has 3 rings (SSSR count). The number of hydrogen-bond donors (Lipinski definition) is 2. The van der Waals surface area contributed by atoms with E-state index in [0.29, 0.717) is 11.4 Å². The molecule has 2 N–H and O–H groups in total. The van der Waals surface area contributed by atoms with Crippen molar-refractivity contribution >= 4 is 38.9 Å². The number of anilines is 2. The minimum absolute atomic E-state index is 0.0433. The highest BCUT2D eigenvalue weighted by Gasteiger charge is 2.15. The molecule has 0 aliphatic heterocycles. The van der Waals surface area contributed by atoms with Gasteiger partial charge in [-0.25, -0.2) is 8.42 Å². The number of benzene rings is 3. The molecule has 0 aliphatic rings. The van der Waals surface area contributed by atoms with Gasteiger partial charge in [0.15, 0.2) is 9.84 Å². The third-order valence-electron chi connectivity index (χ3n) is 4.43. The average molecular weight is 441 g/mol. The summed E-state index contributed by atoms with van der Waals surface area (Å²) in [6, 6.07) is 22.7. The quantitative estimate of drug-likeness (QED) is 0.523. The summed E-state index contributed by atoms with van der Waals surface area (Å²) >= 11 is 1.57. The van der Waals surface area contributed by atoms with E-state index >= 15 is 0 Å². The van der Waals surface area contributed by atoms with Crippen molar-refractivity contribution in [3.63, 3.8) is 0 Å². The van der Waals surface area contributed by atoms with Gasteiger partial charge in [-0.05, 0) is 48.4 Å². The first-order valence-electron chi connectivity index (χ1n) is 9.55. The van der Waals surface area contributed by atoms with Crippen LogP contribution in [0.5, 0.6) is 0 Å². The van der Waals surface area contributed by atoms with Gasteiger partial charge in [-0.2, -0.15) is 0 Å². The lowest BCUT2D eigenvalue weighted by Crippen LogP contribution is -2.22. The van der Waals surface area contributed by atoms with Gasteiger partial charge < -0.3 is 10.6 Å². The molecule has 30 heavy (non-hydrogen) atoms. The number of hydrogen-bond acceptors (Lipinski definition) is 5. The van der Waals surface area contributed by atoms with E-state index in [9.17, 15) is 13.2 Å². The van der Waals surface area contributed by atoms with E-state index in [0.717, 1.165) is 21.8 Å². The molecule has 0 fully saturated rings. The van der Waals surface area contributed by atoms with Crippen molar-refractivity contribution in [2.45, 2.75) is 28.0 Å². The SMILES string of the molecule is CCc1ccc(NCC(=O)Nc2ccccc2Sc2ccccc2)c(S(C)(=O)=O)c1. The van der Waals surface area contributed by atoms with Crippen LogP contribution in [0.25, 0.3) is 0 Å². The number of amides is 1. The smallest absolute Gasteiger partial charge is 0.243 e. The Balaban J connectivity index is 1.71. The van der Waals surface area contributed by atoms with Crippen LogP contribution >= 0.6 is 11.8 Å². The summed E-state index contributed by atoms with van der Waals surface area (Å²) in [6.07, 6.45) is 1.91. The van der Waals surface area contributed by atoms with Gasteiger partial charge in [-0.1, -0.05) is 55.1 Å². The number of carbonyl (C=O) groups is 1. The van der Waals surface area contributed by atoms with Crippen LogP contribution in [0.3, 0.4) is 0 Å². The lowest BCUT2D eigenvalue weighted by molar-refractivity contribution is -0.114. The molecule has 0 radical (unpaired) electrons. The second kappa shape index (κ2) is 9.82. The van der Waals surface area contributed by atoms with Gasteiger partial charge in [0.05, 0.1) is 22.8 Å². The van der Waals surface area contributed by atoms with Gasteiger partial charge >= 0.3 is 0 Å². The summed E-state index contributed by atoms with van der Waals surface area (Å²) in [5.74, 6) is -0.255. The average Bonchev–Trinajstić information content (AvgIpc) is 2.73. The normalized spacial score (nSPS) is 11.1. The van der Waals surface area contributed by atoms with Gasteiger partial charge in [0.1, 0.15) is 0 Å². The van der Waals surface area contributed by atoms with E-state index in [1.165, 1.54) is 6.26 Å². The Morgan fingerprint density at radius 3 is 2.33 bits per heavy atom. The van der Waals surface area contributed by atoms with Crippen molar-refractivity contribution in [2.75, 3.05) is 23.4 Å². The summed E-state index contributed by atoms with van der Waals surface area (Å²) in [4.78, 5) is 14.8. The van der Waals surface area contributed by atoms with Gasteiger partial charge in [0.2, 0.25) is 5.91 Å². The van der Waals surface area contributed by atoms with Crippen LogP contribution < -0.4 is 10.6 Å². The predicted octanol–water partition coefficient (Wildman–Crippen LogP) is 4.85. The molecule has 0 saturated carbocycles. The molecule has 1 amide bonds. The summed E-state index contributed by atoms with van der Waals surface area (Å²) in [7, 11) is -3.41. The van der Waals surface area contributed by atoms with E-state index in [2.05, 4.69) is 10.6 Å². The number of sulfone groups is 1. The number of carbonyl (C=O) groups excluding carboxylic acids is 1. The monoisotopic (exact) mass is 440 g/mol. The van der Waals surface area contributed by atoms with E-state index in [1.54, 1.807) is 23.9 Å². The topological polar surface area (TPSA) is 75.3 Å². The van der Waals surface area contributed by atoms with Gasteiger partial charge in [-0.3, -0.25) is 4.79 Å². The van der Waals surface area contributed by atoms with E-state index in [-0.39, 0.29) is 17.3 Å². The number of nitrogens with one attached hydrogen (secondary N) is 2. The zero-order valence-electron chi connectivity index (χ0n) is 16.9. The first-order valence-corrected chi connectivity index (χ1v) is 12.3. The molecule has 3 aromatic rings. The Morgan fingerprint density at radius 1 is 0.933 bits per heavy atom. The molecule has 0 atom stereocenters. The molecule has 7 heteroatoms. The predicted molar refractivity (Wildman–Crippen MR) is 123 cm³/mol. The fourth-order valence-corrected chi connectivity index (χ4v) is 4.71. The van der Waals surface area contributed by atoms with Crippen LogP contribution in [0.1, 0.15) is 12.5 Å². The number of rotatable bonds is 8. The highest BCUT2D eigenvalue weighted by atomic mass is 32.2. The van der Waals surface area contributed by atoms with Crippen molar-refractivity contribution in [1.82, 2.24) is 0 Å². The molecule has 3 aromatic carbocycles. The minimum atomic E-state index is -3.41. The Bertz CT molecular complexity index is 1130. The summed E-state index contributed by atoms with van der Waals surface area (Å²) in [5.41, 5.74) is 2.07. The minimum Gasteiger partial charge on any atom is -0.375 e. The molecule has 0 heterocycles. The zero-order valence-corrected chi connectivity index (χ0v) is 18.5. The van der Waals surface area contributed by atoms with Crippen molar-refractivity contribution in [1.29, 1.82) is 0 Å². The Labute approximate surface area is 181 Å². The lowest BCUT2D eigenvalue weighted by atomic mass is 10.1. The van der Waals surface area contributed by atoms with E-state index in [4.69, 9.17) is 0 Å². The second-order valence-corrected chi connectivity index (χ2v) is 9.87. The summed E-state index contributed by atoms with van der Waals surface area (Å²) in [6.45, 7) is 1.92. The maximum absolute atomic E-state index is 12.5. The maximum atomic E-state index is 12.5. The fraction of sp³-hybridized carbons (Fsp3) is 0.174. The lowest BCUT2D eigenvalue weighted by Gasteiger charge is -2.14. The maximum Gasteiger partial charge on any atom is 0.243 e. The van der Waals surface area contributed by atoms with Crippen LogP contribution in [-0.4, -0.2) is 27.1 Å². The van der Waals surface area contributed by atoms with Gasteiger partial charge in [0, 0.05) is 16.0 Å². The molecule has 0 aromatic heterocycles. The molecular formula is C23H24N2O3S2. The molecular weight excluding hydrogens is 416 g/mol. The number of para-hydroxylation sites is 1. The van der Waals surface area contributed by atoms with Crippen molar-refractivity contribution in [3.8, 4) is 0 Å². The van der Waals surface area contributed by atoms with Crippen LogP contribution in [-0.2, 0) is 21.1 Å². The fourth-order valence-electron chi connectivity index (χ4n) is 2.88. The Kier molecular flexibility index (Phi) is 7.18. The summed E-state index contributed by atoms with van der Waals surface area (Å²) in [5, 5.41) is 5.87. The molecule has 0 unspecified atom stereocenters. The molecule has 0 bridgehead atoms. The Morgan fingerprint density at radius 2 is 1.63 bits per heavy atom. The van der Waals surface area contributed by atoms with Crippen LogP contribution in [0.4, 0.5) is 11.4 Å². The highest BCUT2D eigenvalue weighted by molar-refractivity contribution is 7.99. The first-order chi connectivity index (χ1) is 14.4. The number of aryl methyl sites for hydroxylation is 1. The third-order valence-corrected chi connectivity index (χ3v) is 6.65. The second-order valence-electron chi connectivity index (χ2n) is 6.77. The van der Waals surface area contributed by atoms with Gasteiger partial charge in [-0.15, -0.1) is 0 Å². The van der Waals surface area contributed by atoms with E-state index in [1.807, 2.05) is 67.6 Å². The molecule has 0 saturated heterocycles. The Hall–Kier alpha value is -2.77. The molecule has 156 valence electrons. The van der Waals surface area contributed by atoms with Crippen molar-refractivity contribution in [2.24, 2.45) is 0 Å².